The van der Waals surface area contributed by atoms with Gasteiger partial charge < -0.3 is 15.0 Å². The highest BCUT2D eigenvalue weighted by atomic mass is 16.5. The monoisotopic (exact) mass is 338 g/mol. The highest BCUT2D eigenvalue weighted by Crippen LogP contribution is 2.19. The summed E-state index contributed by atoms with van der Waals surface area (Å²) in [6.45, 7) is 3.27. The van der Waals surface area contributed by atoms with E-state index in [-0.39, 0.29) is 11.9 Å². The first-order valence-corrected chi connectivity index (χ1v) is 8.50. The molecule has 0 saturated heterocycles. The van der Waals surface area contributed by atoms with Crippen LogP contribution in [0.1, 0.15) is 24.1 Å². The third-order valence-electron chi connectivity index (χ3n) is 3.70. The number of hydrogen-bond acceptors (Lipinski definition) is 3. The molecule has 132 valence electrons. The molecular weight excluding hydrogens is 312 g/mol. The lowest BCUT2D eigenvalue weighted by molar-refractivity contribution is -0.117. The summed E-state index contributed by atoms with van der Waals surface area (Å²) in [7, 11) is 3.99. The summed E-state index contributed by atoms with van der Waals surface area (Å²) in [5.74, 6) is 0.656. The van der Waals surface area contributed by atoms with Gasteiger partial charge in [-0.15, -0.1) is 0 Å². The molecule has 4 heteroatoms. The van der Waals surface area contributed by atoms with Crippen molar-refractivity contribution in [3.05, 3.63) is 71.8 Å². The number of rotatable bonds is 8. The molecule has 1 atom stereocenters. The van der Waals surface area contributed by atoms with E-state index in [0.717, 1.165) is 23.4 Å². The van der Waals surface area contributed by atoms with Gasteiger partial charge in [0, 0.05) is 18.2 Å². The molecule has 0 bridgehead atoms. The maximum atomic E-state index is 12.4. The van der Waals surface area contributed by atoms with Crippen LogP contribution in [0.3, 0.4) is 0 Å². The van der Waals surface area contributed by atoms with Crippen molar-refractivity contribution in [3.8, 4) is 5.75 Å². The molecule has 0 heterocycles. The van der Waals surface area contributed by atoms with E-state index < -0.39 is 0 Å². The van der Waals surface area contributed by atoms with Gasteiger partial charge in [0.05, 0.1) is 12.6 Å². The SMILES string of the molecule is CCOc1ccccc1/C=C/C(=O)N[C@@H](CN(C)C)c1ccccc1. The Hall–Kier alpha value is -2.59. The van der Waals surface area contributed by atoms with Gasteiger partial charge in [0.1, 0.15) is 5.75 Å². The van der Waals surface area contributed by atoms with E-state index in [4.69, 9.17) is 4.74 Å². The smallest absolute Gasteiger partial charge is 0.244 e. The molecule has 0 aliphatic carbocycles. The third kappa shape index (κ3) is 6.08. The Morgan fingerprint density at radius 2 is 1.80 bits per heavy atom. The molecule has 0 unspecified atom stereocenters. The Morgan fingerprint density at radius 1 is 1.12 bits per heavy atom. The number of carbonyl (C=O) groups excluding carboxylic acids is 1. The number of nitrogens with one attached hydrogen (secondary N) is 1. The van der Waals surface area contributed by atoms with E-state index in [9.17, 15) is 4.79 Å². The highest BCUT2D eigenvalue weighted by Gasteiger charge is 2.14. The van der Waals surface area contributed by atoms with Gasteiger partial charge in [-0.25, -0.2) is 0 Å². The van der Waals surface area contributed by atoms with Gasteiger partial charge in [0.25, 0.3) is 0 Å². The molecule has 0 spiro atoms. The lowest BCUT2D eigenvalue weighted by Crippen LogP contribution is -2.34. The standard InChI is InChI=1S/C21H26N2O2/c1-4-25-20-13-9-8-12-18(20)14-15-21(24)22-19(16-23(2)3)17-10-6-5-7-11-17/h5-15,19H,4,16H2,1-3H3,(H,22,24)/b15-14+/t19-/m0/s1. The molecule has 0 aliphatic heterocycles. The van der Waals surface area contributed by atoms with E-state index in [0.29, 0.717) is 6.61 Å². The first-order valence-electron chi connectivity index (χ1n) is 8.50. The number of para-hydroxylation sites is 1. The fourth-order valence-electron chi connectivity index (χ4n) is 2.58. The molecular formula is C21H26N2O2. The zero-order valence-electron chi connectivity index (χ0n) is 15.1. The van der Waals surface area contributed by atoms with Crippen LogP contribution in [0.5, 0.6) is 5.75 Å². The van der Waals surface area contributed by atoms with Crippen LogP contribution in [-0.2, 0) is 4.79 Å². The minimum Gasteiger partial charge on any atom is -0.493 e. The number of carbonyl (C=O) groups is 1. The number of nitrogens with zero attached hydrogens (tertiary/aromatic N) is 1. The van der Waals surface area contributed by atoms with Crippen molar-refractivity contribution in [1.82, 2.24) is 10.2 Å². The summed E-state index contributed by atoms with van der Waals surface area (Å²) in [5, 5.41) is 3.08. The van der Waals surface area contributed by atoms with Crippen molar-refractivity contribution in [1.29, 1.82) is 0 Å². The first-order chi connectivity index (χ1) is 12.1. The molecule has 2 rings (SSSR count). The zero-order valence-corrected chi connectivity index (χ0v) is 15.1. The summed E-state index contributed by atoms with van der Waals surface area (Å²) in [4.78, 5) is 14.5. The third-order valence-corrected chi connectivity index (χ3v) is 3.70. The minimum absolute atomic E-state index is 0.0597. The number of benzene rings is 2. The fourth-order valence-corrected chi connectivity index (χ4v) is 2.58. The van der Waals surface area contributed by atoms with Crippen LogP contribution < -0.4 is 10.1 Å². The van der Waals surface area contributed by atoms with Crippen LogP contribution in [0, 0.1) is 0 Å². The van der Waals surface area contributed by atoms with Crippen molar-refractivity contribution >= 4 is 12.0 Å². The summed E-state index contributed by atoms with van der Waals surface area (Å²) in [5.41, 5.74) is 1.98. The largest absolute Gasteiger partial charge is 0.493 e. The fraction of sp³-hybridized carbons (Fsp3) is 0.286. The van der Waals surface area contributed by atoms with Gasteiger partial charge in [0.15, 0.2) is 0 Å². The van der Waals surface area contributed by atoms with E-state index in [1.165, 1.54) is 0 Å². The van der Waals surface area contributed by atoms with Gasteiger partial charge in [-0.1, -0.05) is 48.5 Å². The first kappa shape index (κ1) is 18.7. The van der Waals surface area contributed by atoms with Gasteiger partial charge in [-0.3, -0.25) is 4.79 Å². The molecule has 0 fully saturated rings. The van der Waals surface area contributed by atoms with E-state index in [2.05, 4.69) is 10.2 Å². The molecule has 2 aromatic carbocycles. The van der Waals surface area contributed by atoms with Crippen molar-refractivity contribution in [3.63, 3.8) is 0 Å². The second-order valence-corrected chi connectivity index (χ2v) is 6.04. The van der Waals surface area contributed by atoms with Crippen LogP contribution in [0.4, 0.5) is 0 Å². The normalized spacial score (nSPS) is 12.3. The average molecular weight is 338 g/mol. The van der Waals surface area contributed by atoms with Crippen molar-refractivity contribution in [2.45, 2.75) is 13.0 Å². The number of ether oxygens (including phenoxy) is 1. The average Bonchev–Trinajstić information content (AvgIpc) is 2.61. The molecule has 4 nitrogen and oxygen atoms in total. The molecule has 25 heavy (non-hydrogen) atoms. The van der Waals surface area contributed by atoms with Gasteiger partial charge in [0.2, 0.25) is 5.91 Å². The van der Waals surface area contributed by atoms with Crippen LogP contribution in [-0.4, -0.2) is 38.1 Å². The van der Waals surface area contributed by atoms with Gasteiger partial charge in [-0.05, 0) is 38.7 Å². The van der Waals surface area contributed by atoms with E-state index in [1.54, 1.807) is 12.2 Å². The Balaban J connectivity index is 2.08. The molecule has 2 aromatic rings. The van der Waals surface area contributed by atoms with E-state index in [1.807, 2.05) is 75.6 Å². The predicted molar refractivity (Wildman–Crippen MR) is 103 cm³/mol. The number of hydrogen-bond donors (Lipinski definition) is 1. The summed E-state index contributed by atoms with van der Waals surface area (Å²) in [6.07, 6.45) is 3.35. The van der Waals surface area contributed by atoms with Crippen molar-refractivity contribution in [2.75, 3.05) is 27.2 Å². The number of likely N-dealkylation sites (N-methyl/N-ethyl adjacent to an activating group) is 1. The number of amides is 1. The summed E-state index contributed by atoms with van der Waals surface area (Å²) >= 11 is 0. The molecule has 0 saturated carbocycles. The Kier molecular flexibility index (Phi) is 7.23. The predicted octanol–water partition coefficient (Wildman–Crippen LogP) is 3.52. The Bertz CT molecular complexity index is 696. The quantitative estimate of drug-likeness (QED) is 0.749. The second-order valence-electron chi connectivity index (χ2n) is 6.04. The van der Waals surface area contributed by atoms with Gasteiger partial charge >= 0.3 is 0 Å². The maximum absolute atomic E-state index is 12.4. The molecule has 0 radical (unpaired) electrons. The molecule has 0 aliphatic rings. The van der Waals surface area contributed by atoms with Crippen molar-refractivity contribution in [2.24, 2.45) is 0 Å². The molecule has 0 aromatic heterocycles. The lowest BCUT2D eigenvalue weighted by Gasteiger charge is -2.22. The summed E-state index contributed by atoms with van der Waals surface area (Å²) in [6, 6.07) is 17.6. The maximum Gasteiger partial charge on any atom is 0.244 e. The second kappa shape index (κ2) is 9.64. The zero-order chi connectivity index (χ0) is 18.1. The lowest BCUT2D eigenvalue weighted by atomic mass is 10.1. The van der Waals surface area contributed by atoms with Crippen LogP contribution in [0.15, 0.2) is 60.7 Å². The van der Waals surface area contributed by atoms with Gasteiger partial charge in [-0.2, -0.15) is 0 Å². The molecule has 1 N–H and O–H groups in total. The van der Waals surface area contributed by atoms with Crippen LogP contribution in [0.2, 0.25) is 0 Å². The van der Waals surface area contributed by atoms with Crippen LogP contribution in [0.25, 0.3) is 6.08 Å². The van der Waals surface area contributed by atoms with Crippen LogP contribution >= 0.6 is 0 Å². The van der Waals surface area contributed by atoms with E-state index >= 15 is 0 Å². The Labute approximate surface area is 150 Å². The highest BCUT2D eigenvalue weighted by molar-refractivity contribution is 5.92. The minimum atomic E-state index is -0.123. The molecule has 1 amide bonds. The Morgan fingerprint density at radius 3 is 2.48 bits per heavy atom. The topological polar surface area (TPSA) is 41.6 Å². The van der Waals surface area contributed by atoms with Crippen molar-refractivity contribution < 1.29 is 9.53 Å². The summed E-state index contributed by atoms with van der Waals surface area (Å²) < 4.78 is 5.58.